The largest absolute Gasteiger partial charge is 0.262 e. The van der Waals surface area contributed by atoms with Crippen molar-refractivity contribution in [2.75, 3.05) is 5.43 Å². The van der Waals surface area contributed by atoms with E-state index in [9.17, 15) is 0 Å². The van der Waals surface area contributed by atoms with Crippen molar-refractivity contribution in [2.24, 2.45) is 5.10 Å². The molecular formula is C15H18N4S. The molecule has 0 aliphatic carbocycles. The number of unbranched alkanes of at least 4 members (excludes halogenated alkanes) is 1. The third-order valence-electron chi connectivity index (χ3n) is 2.53. The second-order valence-electron chi connectivity index (χ2n) is 4.21. The Morgan fingerprint density at radius 3 is 2.90 bits per heavy atom. The average Bonchev–Trinajstić information content (AvgIpc) is 2.51. The van der Waals surface area contributed by atoms with Gasteiger partial charge >= 0.3 is 0 Å². The minimum absolute atomic E-state index is 0.725. The maximum Gasteiger partial charge on any atom is 0.189 e. The lowest BCUT2D eigenvalue weighted by Gasteiger charge is -2.03. The van der Waals surface area contributed by atoms with Gasteiger partial charge < -0.3 is 0 Å². The van der Waals surface area contributed by atoms with Gasteiger partial charge in [-0.05, 0) is 12.0 Å². The van der Waals surface area contributed by atoms with Crippen LogP contribution in [-0.2, 0) is 5.75 Å². The smallest absolute Gasteiger partial charge is 0.189 e. The number of hydrogen-bond acceptors (Lipinski definition) is 5. The van der Waals surface area contributed by atoms with Gasteiger partial charge in [-0.2, -0.15) is 5.10 Å². The maximum atomic E-state index is 4.41. The molecule has 0 radical (unpaired) electrons. The molecule has 0 bridgehead atoms. The van der Waals surface area contributed by atoms with E-state index in [4.69, 9.17) is 0 Å². The Balaban J connectivity index is 1.89. The molecular weight excluding hydrogens is 268 g/mol. The van der Waals surface area contributed by atoms with Crippen LogP contribution in [0, 0.1) is 0 Å². The summed E-state index contributed by atoms with van der Waals surface area (Å²) in [6.07, 6.45) is 5.66. The van der Waals surface area contributed by atoms with Gasteiger partial charge in [0, 0.05) is 24.2 Å². The zero-order valence-corrected chi connectivity index (χ0v) is 12.3. The van der Waals surface area contributed by atoms with Crippen molar-refractivity contribution >= 4 is 23.8 Å². The molecule has 1 heterocycles. The fourth-order valence-electron chi connectivity index (χ4n) is 1.50. The summed E-state index contributed by atoms with van der Waals surface area (Å²) in [7, 11) is 0. The van der Waals surface area contributed by atoms with E-state index in [2.05, 4.69) is 39.6 Å². The molecule has 0 unspecified atom stereocenters. The first-order valence-corrected chi connectivity index (χ1v) is 7.64. The molecule has 0 fully saturated rings. The van der Waals surface area contributed by atoms with Gasteiger partial charge in [-0.15, -0.1) is 0 Å². The Kier molecular flexibility index (Phi) is 6.05. The first-order valence-electron chi connectivity index (χ1n) is 6.66. The number of benzene rings is 1. The van der Waals surface area contributed by atoms with Crippen LogP contribution in [0.2, 0.25) is 0 Å². The Morgan fingerprint density at radius 2 is 2.10 bits per heavy atom. The third-order valence-corrected chi connectivity index (χ3v) is 3.46. The highest BCUT2D eigenvalue weighted by Crippen LogP contribution is 2.19. The van der Waals surface area contributed by atoms with Crippen LogP contribution in [0.5, 0.6) is 0 Å². The first kappa shape index (κ1) is 14.5. The van der Waals surface area contributed by atoms with Crippen LogP contribution in [0.15, 0.2) is 52.9 Å². The second kappa shape index (κ2) is 8.32. The number of anilines is 1. The van der Waals surface area contributed by atoms with Gasteiger partial charge in [0.05, 0.1) is 0 Å². The molecule has 0 saturated heterocycles. The molecule has 2 aromatic rings. The standard InChI is InChI=1S/C15H18N4S/c1-2-3-10-17-19-14-9-11-16-15(18-14)20-12-13-7-5-4-6-8-13/h4-11H,2-3,12H2,1H3,(H,16,18,19)/b17-10+. The first-order chi connectivity index (χ1) is 9.88. The zero-order valence-electron chi connectivity index (χ0n) is 11.5. The molecule has 0 spiro atoms. The number of rotatable bonds is 7. The van der Waals surface area contributed by atoms with Gasteiger partial charge in [0.15, 0.2) is 11.0 Å². The van der Waals surface area contributed by atoms with E-state index in [1.807, 2.05) is 30.5 Å². The molecule has 0 saturated carbocycles. The van der Waals surface area contributed by atoms with Gasteiger partial charge in [0.2, 0.25) is 0 Å². The van der Waals surface area contributed by atoms with Gasteiger partial charge in [-0.1, -0.05) is 55.4 Å². The van der Waals surface area contributed by atoms with Crippen LogP contribution in [0.3, 0.4) is 0 Å². The van der Waals surface area contributed by atoms with Gasteiger partial charge in [-0.3, -0.25) is 5.43 Å². The summed E-state index contributed by atoms with van der Waals surface area (Å²) in [6.45, 7) is 2.12. The SMILES string of the molecule is CCC/C=N/Nc1ccnc(SCc2ccccc2)n1. The van der Waals surface area contributed by atoms with E-state index in [0.29, 0.717) is 0 Å². The summed E-state index contributed by atoms with van der Waals surface area (Å²) in [5.74, 6) is 1.59. The summed E-state index contributed by atoms with van der Waals surface area (Å²) >= 11 is 1.62. The Morgan fingerprint density at radius 1 is 1.25 bits per heavy atom. The summed E-state index contributed by atoms with van der Waals surface area (Å²) in [6, 6.07) is 12.1. The van der Waals surface area contributed by atoms with E-state index in [1.165, 1.54) is 5.56 Å². The van der Waals surface area contributed by atoms with Crippen LogP contribution in [0.4, 0.5) is 5.82 Å². The number of nitrogens with one attached hydrogen (secondary N) is 1. The molecule has 1 aromatic heterocycles. The van der Waals surface area contributed by atoms with E-state index >= 15 is 0 Å². The van der Waals surface area contributed by atoms with Crippen molar-refractivity contribution < 1.29 is 0 Å². The maximum absolute atomic E-state index is 4.41. The Bertz CT molecular complexity index is 543. The lowest BCUT2D eigenvalue weighted by molar-refractivity contribution is 0.959. The van der Waals surface area contributed by atoms with Crippen LogP contribution in [0.25, 0.3) is 0 Å². The van der Waals surface area contributed by atoms with Crippen LogP contribution >= 0.6 is 11.8 Å². The van der Waals surface area contributed by atoms with Crippen LogP contribution in [-0.4, -0.2) is 16.2 Å². The highest BCUT2D eigenvalue weighted by Gasteiger charge is 2.00. The van der Waals surface area contributed by atoms with Crippen LogP contribution < -0.4 is 5.43 Å². The highest BCUT2D eigenvalue weighted by molar-refractivity contribution is 7.98. The van der Waals surface area contributed by atoms with Gasteiger partial charge in [-0.25, -0.2) is 9.97 Å². The minimum atomic E-state index is 0.725. The summed E-state index contributed by atoms with van der Waals surface area (Å²) in [5, 5.41) is 4.87. The number of hydrazone groups is 1. The summed E-state index contributed by atoms with van der Waals surface area (Å²) < 4.78 is 0. The van der Waals surface area contributed by atoms with Crippen molar-refractivity contribution in [3.63, 3.8) is 0 Å². The predicted octanol–water partition coefficient (Wildman–Crippen LogP) is 3.97. The monoisotopic (exact) mass is 286 g/mol. The number of nitrogens with zero attached hydrogens (tertiary/aromatic N) is 3. The van der Waals surface area contributed by atoms with Crippen molar-refractivity contribution in [1.29, 1.82) is 0 Å². The molecule has 1 N–H and O–H groups in total. The summed E-state index contributed by atoms with van der Waals surface area (Å²) in [4.78, 5) is 8.67. The van der Waals surface area contributed by atoms with Crippen molar-refractivity contribution in [3.8, 4) is 0 Å². The fraction of sp³-hybridized carbons (Fsp3) is 0.267. The molecule has 0 aliphatic rings. The molecule has 2 rings (SSSR count). The molecule has 1 aromatic carbocycles. The van der Waals surface area contributed by atoms with E-state index in [1.54, 1.807) is 18.0 Å². The number of hydrogen-bond donors (Lipinski definition) is 1. The van der Waals surface area contributed by atoms with E-state index < -0.39 is 0 Å². The van der Waals surface area contributed by atoms with Gasteiger partial charge in [0.25, 0.3) is 0 Å². The molecule has 4 nitrogen and oxygen atoms in total. The molecule has 5 heteroatoms. The highest BCUT2D eigenvalue weighted by atomic mass is 32.2. The molecule has 0 amide bonds. The van der Waals surface area contributed by atoms with Crippen molar-refractivity contribution in [1.82, 2.24) is 9.97 Å². The summed E-state index contributed by atoms with van der Waals surface area (Å²) in [5.41, 5.74) is 4.19. The molecule has 20 heavy (non-hydrogen) atoms. The lowest BCUT2D eigenvalue weighted by atomic mass is 10.2. The van der Waals surface area contributed by atoms with Crippen molar-refractivity contribution in [3.05, 3.63) is 48.2 Å². The fourth-order valence-corrected chi connectivity index (χ4v) is 2.29. The normalized spacial score (nSPS) is 10.8. The molecule has 0 aliphatic heterocycles. The number of thioether (sulfide) groups is 1. The minimum Gasteiger partial charge on any atom is -0.262 e. The predicted molar refractivity (Wildman–Crippen MR) is 85.1 cm³/mol. The Labute approximate surface area is 123 Å². The van der Waals surface area contributed by atoms with Crippen molar-refractivity contribution in [2.45, 2.75) is 30.7 Å². The zero-order chi connectivity index (χ0) is 14.0. The quantitative estimate of drug-likeness (QED) is 0.362. The average molecular weight is 286 g/mol. The second-order valence-corrected chi connectivity index (χ2v) is 5.15. The number of aromatic nitrogens is 2. The Hall–Kier alpha value is -1.88. The van der Waals surface area contributed by atoms with E-state index in [-0.39, 0.29) is 0 Å². The lowest BCUT2D eigenvalue weighted by Crippen LogP contribution is -1.95. The third kappa shape index (κ3) is 5.01. The topological polar surface area (TPSA) is 50.2 Å². The van der Waals surface area contributed by atoms with Gasteiger partial charge in [0.1, 0.15) is 0 Å². The van der Waals surface area contributed by atoms with Crippen LogP contribution in [0.1, 0.15) is 25.3 Å². The molecule has 104 valence electrons. The van der Waals surface area contributed by atoms with E-state index in [0.717, 1.165) is 29.6 Å². The molecule has 0 atom stereocenters.